The largest absolute Gasteiger partial charge is 0.229 e. The molecule has 1 heterocycles. The minimum absolute atomic E-state index is 0.404. The maximum atomic E-state index is 11.4. The van der Waals surface area contributed by atoms with Gasteiger partial charge in [-0.05, 0) is 42.4 Å². The molecule has 0 aromatic rings. The molecule has 0 unspecified atom stereocenters. The molecule has 2 aliphatic rings. The van der Waals surface area contributed by atoms with Crippen molar-refractivity contribution in [2.24, 2.45) is 16.7 Å². The van der Waals surface area contributed by atoms with Crippen LogP contribution in [0.1, 0.15) is 46.5 Å². The Morgan fingerprint density at radius 2 is 1.53 bits per heavy atom. The Kier molecular flexibility index (Phi) is 2.46. The summed E-state index contributed by atoms with van der Waals surface area (Å²) in [6.45, 7) is 6.89. The molecule has 1 aliphatic heterocycles. The summed E-state index contributed by atoms with van der Waals surface area (Å²) in [6, 6.07) is 0. The Morgan fingerprint density at radius 3 is 1.93 bits per heavy atom. The molecule has 1 spiro atoms. The Balaban J connectivity index is 1.94. The number of hydrogen-bond acceptors (Lipinski definition) is 2. The lowest BCUT2D eigenvalue weighted by atomic mass is 9.53. The molecule has 1 saturated carbocycles. The van der Waals surface area contributed by atoms with E-state index in [0.717, 1.165) is 18.8 Å². The Hall–Kier alpha value is -0.0500. The second-order valence-electron chi connectivity index (χ2n) is 6.62. The van der Waals surface area contributed by atoms with E-state index in [1.54, 1.807) is 0 Å². The summed E-state index contributed by atoms with van der Waals surface area (Å²) >= 11 is 0. The smallest absolute Gasteiger partial charge is 0.150 e. The normalized spacial score (nSPS) is 30.1. The summed E-state index contributed by atoms with van der Waals surface area (Å²) in [5.41, 5.74) is 0.810. The fraction of sp³-hybridized carbons (Fsp3) is 1.00. The third-order valence-electron chi connectivity index (χ3n) is 4.47. The highest BCUT2D eigenvalue weighted by Crippen LogP contribution is 2.58. The molecule has 2 nitrogen and oxygen atoms in total. The highest BCUT2D eigenvalue weighted by atomic mass is 32.2. The average Bonchev–Trinajstić information content (AvgIpc) is 1.98. The lowest BCUT2D eigenvalue weighted by Gasteiger charge is -2.54. The summed E-state index contributed by atoms with van der Waals surface area (Å²) in [4.78, 5) is 0. The Labute approximate surface area is 93.4 Å². The summed E-state index contributed by atoms with van der Waals surface area (Å²) in [5.74, 6) is 1.67. The third-order valence-corrected chi connectivity index (χ3v) is 6.12. The third kappa shape index (κ3) is 2.22. The number of rotatable bonds is 0. The van der Waals surface area contributed by atoms with Gasteiger partial charge in [-0.25, -0.2) is 8.42 Å². The van der Waals surface area contributed by atoms with E-state index in [0.29, 0.717) is 22.3 Å². The molecule has 2 fully saturated rings. The van der Waals surface area contributed by atoms with Crippen LogP contribution in [0.4, 0.5) is 0 Å². The first-order valence-electron chi connectivity index (χ1n) is 5.93. The van der Waals surface area contributed by atoms with Crippen LogP contribution in [0.15, 0.2) is 0 Å². The summed E-state index contributed by atoms with van der Waals surface area (Å²) < 4.78 is 22.7. The second-order valence-corrected chi connectivity index (χ2v) is 8.93. The van der Waals surface area contributed by atoms with Crippen LogP contribution in [-0.4, -0.2) is 19.9 Å². The van der Waals surface area contributed by atoms with Crippen molar-refractivity contribution in [3.63, 3.8) is 0 Å². The Bertz CT molecular complexity index is 326. The van der Waals surface area contributed by atoms with Gasteiger partial charge in [-0.3, -0.25) is 0 Å². The van der Waals surface area contributed by atoms with Gasteiger partial charge in [0.1, 0.15) is 9.84 Å². The SMILES string of the molecule is CC(C)(C)C1CC2(CCS(=O)(=O)CC2)C1. The van der Waals surface area contributed by atoms with Crippen LogP contribution in [-0.2, 0) is 9.84 Å². The van der Waals surface area contributed by atoms with Gasteiger partial charge >= 0.3 is 0 Å². The minimum Gasteiger partial charge on any atom is -0.229 e. The average molecular weight is 230 g/mol. The number of sulfone groups is 1. The van der Waals surface area contributed by atoms with Gasteiger partial charge in [0.25, 0.3) is 0 Å². The van der Waals surface area contributed by atoms with Crippen molar-refractivity contribution < 1.29 is 8.42 Å². The quantitative estimate of drug-likeness (QED) is 0.641. The van der Waals surface area contributed by atoms with Gasteiger partial charge < -0.3 is 0 Å². The first-order valence-corrected chi connectivity index (χ1v) is 7.75. The van der Waals surface area contributed by atoms with Crippen molar-refractivity contribution >= 4 is 9.84 Å². The zero-order chi connectivity index (χ0) is 11.3. The fourth-order valence-corrected chi connectivity index (χ4v) is 4.67. The molecular weight excluding hydrogens is 208 g/mol. The molecule has 1 saturated heterocycles. The van der Waals surface area contributed by atoms with Gasteiger partial charge in [-0.15, -0.1) is 0 Å². The molecule has 2 rings (SSSR count). The summed E-state index contributed by atoms with van der Waals surface area (Å²) in [5, 5.41) is 0. The first-order chi connectivity index (χ1) is 6.73. The van der Waals surface area contributed by atoms with E-state index in [1.165, 1.54) is 12.8 Å². The van der Waals surface area contributed by atoms with Gasteiger partial charge in [0.2, 0.25) is 0 Å². The van der Waals surface area contributed by atoms with E-state index < -0.39 is 9.84 Å². The van der Waals surface area contributed by atoms with Gasteiger partial charge in [-0.2, -0.15) is 0 Å². The molecule has 0 N–H and O–H groups in total. The monoisotopic (exact) mass is 230 g/mol. The molecular formula is C12H22O2S. The maximum absolute atomic E-state index is 11.4. The van der Waals surface area contributed by atoms with E-state index >= 15 is 0 Å². The zero-order valence-corrected chi connectivity index (χ0v) is 10.9. The van der Waals surface area contributed by atoms with Crippen molar-refractivity contribution in [2.75, 3.05) is 11.5 Å². The van der Waals surface area contributed by atoms with Gasteiger partial charge in [-0.1, -0.05) is 20.8 Å². The molecule has 0 aromatic heterocycles. The molecule has 15 heavy (non-hydrogen) atoms. The molecule has 0 radical (unpaired) electrons. The summed E-state index contributed by atoms with van der Waals surface area (Å²) in [7, 11) is -2.68. The van der Waals surface area contributed by atoms with Crippen LogP contribution in [0.5, 0.6) is 0 Å². The van der Waals surface area contributed by atoms with Crippen molar-refractivity contribution in [3.8, 4) is 0 Å². The standard InChI is InChI=1S/C12H22O2S/c1-11(2,3)10-8-12(9-10)4-6-15(13,14)7-5-12/h10H,4-9H2,1-3H3. The highest BCUT2D eigenvalue weighted by molar-refractivity contribution is 7.91. The van der Waals surface area contributed by atoms with E-state index in [1.807, 2.05) is 0 Å². The van der Waals surface area contributed by atoms with Crippen molar-refractivity contribution in [1.29, 1.82) is 0 Å². The lowest BCUT2D eigenvalue weighted by molar-refractivity contribution is -0.0205. The molecule has 0 atom stereocenters. The van der Waals surface area contributed by atoms with Crippen LogP contribution in [0.25, 0.3) is 0 Å². The zero-order valence-electron chi connectivity index (χ0n) is 10.0. The van der Waals surface area contributed by atoms with E-state index in [4.69, 9.17) is 0 Å². The minimum atomic E-state index is -2.68. The first kappa shape index (κ1) is 11.4. The van der Waals surface area contributed by atoms with Crippen LogP contribution in [0.2, 0.25) is 0 Å². The predicted octanol–water partition coefficient (Wildman–Crippen LogP) is 2.64. The van der Waals surface area contributed by atoms with Crippen LogP contribution >= 0.6 is 0 Å². The molecule has 1 aliphatic carbocycles. The fourth-order valence-electron chi connectivity index (χ4n) is 2.98. The number of hydrogen-bond donors (Lipinski definition) is 0. The van der Waals surface area contributed by atoms with E-state index in [9.17, 15) is 8.42 Å². The molecule has 3 heteroatoms. The van der Waals surface area contributed by atoms with Crippen molar-refractivity contribution in [3.05, 3.63) is 0 Å². The van der Waals surface area contributed by atoms with Gasteiger partial charge in [0, 0.05) is 0 Å². The topological polar surface area (TPSA) is 34.1 Å². The van der Waals surface area contributed by atoms with E-state index in [2.05, 4.69) is 20.8 Å². The van der Waals surface area contributed by atoms with Gasteiger partial charge in [0.15, 0.2) is 0 Å². The van der Waals surface area contributed by atoms with Crippen molar-refractivity contribution in [1.82, 2.24) is 0 Å². The van der Waals surface area contributed by atoms with E-state index in [-0.39, 0.29) is 0 Å². The maximum Gasteiger partial charge on any atom is 0.150 e. The molecule has 88 valence electrons. The highest BCUT2D eigenvalue weighted by Gasteiger charge is 2.50. The Morgan fingerprint density at radius 1 is 1.07 bits per heavy atom. The van der Waals surface area contributed by atoms with Gasteiger partial charge in [0.05, 0.1) is 11.5 Å². The van der Waals surface area contributed by atoms with Crippen LogP contribution in [0.3, 0.4) is 0 Å². The second kappa shape index (κ2) is 3.22. The van der Waals surface area contributed by atoms with Crippen LogP contribution < -0.4 is 0 Å². The molecule has 0 aromatic carbocycles. The lowest BCUT2D eigenvalue weighted by Crippen LogP contribution is -2.47. The van der Waals surface area contributed by atoms with Crippen molar-refractivity contribution in [2.45, 2.75) is 46.5 Å². The molecule has 0 amide bonds. The van der Waals surface area contributed by atoms with Crippen LogP contribution in [0, 0.1) is 16.7 Å². The molecule has 0 bridgehead atoms. The predicted molar refractivity (Wildman–Crippen MR) is 62.5 cm³/mol. The summed E-state index contributed by atoms with van der Waals surface area (Å²) in [6.07, 6.45) is 4.35.